The highest BCUT2D eigenvalue weighted by atomic mass is 32.2. The highest BCUT2D eigenvalue weighted by molar-refractivity contribution is 7.98. The summed E-state index contributed by atoms with van der Waals surface area (Å²) in [5, 5.41) is 10.8. The Kier molecular flexibility index (Phi) is 7.18. The fourth-order valence-corrected chi connectivity index (χ4v) is 3.35. The molecular formula is C21H25N5O3S. The highest BCUT2D eigenvalue weighted by Gasteiger charge is 2.17. The monoisotopic (exact) mass is 427 g/mol. The van der Waals surface area contributed by atoms with Gasteiger partial charge in [-0.05, 0) is 48.1 Å². The van der Waals surface area contributed by atoms with Gasteiger partial charge in [0.15, 0.2) is 23.0 Å². The van der Waals surface area contributed by atoms with E-state index in [-0.39, 0.29) is 17.4 Å². The number of nitrogen functional groups attached to an aromatic ring is 1. The molecule has 9 heteroatoms. The molecule has 0 fully saturated rings. The van der Waals surface area contributed by atoms with E-state index < -0.39 is 0 Å². The van der Waals surface area contributed by atoms with Gasteiger partial charge in [0.2, 0.25) is 0 Å². The van der Waals surface area contributed by atoms with Gasteiger partial charge in [-0.1, -0.05) is 23.4 Å². The van der Waals surface area contributed by atoms with Crippen LogP contribution in [0.3, 0.4) is 0 Å². The maximum Gasteiger partial charge on any atom is 0.275 e. The van der Waals surface area contributed by atoms with Crippen molar-refractivity contribution >= 4 is 23.5 Å². The van der Waals surface area contributed by atoms with Crippen molar-refractivity contribution in [2.24, 2.45) is 0 Å². The van der Waals surface area contributed by atoms with Gasteiger partial charge in [0, 0.05) is 11.4 Å². The first-order chi connectivity index (χ1) is 14.5. The molecule has 1 heterocycles. The number of aromatic nitrogens is 3. The summed E-state index contributed by atoms with van der Waals surface area (Å²) in [5.41, 5.74) is 8.28. The van der Waals surface area contributed by atoms with Gasteiger partial charge < -0.3 is 20.5 Å². The van der Waals surface area contributed by atoms with Gasteiger partial charge in [0.05, 0.1) is 20.8 Å². The first-order valence-electron chi connectivity index (χ1n) is 9.36. The van der Waals surface area contributed by atoms with Gasteiger partial charge in [-0.25, -0.2) is 4.68 Å². The number of methoxy groups -OCH3 is 2. The molecule has 0 aliphatic heterocycles. The van der Waals surface area contributed by atoms with Crippen molar-refractivity contribution in [2.75, 3.05) is 32.8 Å². The molecule has 0 radical (unpaired) electrons. The van der Waals surface area contributed by atoms with Crippen molar-refractivity contribution in [1.82, 2.24) is 20.3 Å². The van der Waals surface area contributed by atoms with Crippen LogP contribution < -0.4 is 20.5 Å². The Labute approximate surface area is 179 Å². The Morgan fingerprint density at radius 2 is 1.80 bits per heavy atom. The topological polar surface area (TPSA) is 104 Å². The van der Waals surface area contributed by atoms with Crippen LogP contribution in [0.2, 0.25) is 0 Å². The SMILES string of the molecule is COc1ccc(CCNC(=O)c2nnn(Cc3ccc(SC)cc3)c2N)cc1OC. The van der Waals surface area contributed by atoms with Crippen molar-refractivity contribution in [3.63, 3.8) is 0 Å². The summed E-state index contributed by atoms with van der Waals surface area (Å²) in [4.78, 5) is 13.7. The number of carbonyl (C=O) groups is 1. The van der Waals surface area contributed by atoms with Gasteiger partial charge >= 0.3 is 0 Å². The molecule has 1 aromatic heterocycles. The number of amides is 1. The summed E-state index contributed by atoms with van der Waals surface area (Å²) in [7, 11) is 3.18. The molecule has 0 unspecified atom stereocenters. The molecule has 0 aliphatic carbocycles. The summed E-state index contributed by atoms with van der Waals surface area (Å²) >= 11 is 1.68. The number of benzene rings is 2. The zero-order valence-corrected chi connectivity index (χ0v) is 18.0. The fraction of sp³-hybridized carbons (Fsp3) is 0.286. The number of carbonyl (C=O) groups excluding carboxylic acids is 1. The standard InChI is InChI=1S/C21H25N5O3S/c1-28-17-9-6-14(12-18(17)29-2)10-11-23-21(27)19-20(22)26(25-24-19)13-15-4-7-16(30-3)8-5-15/h4-9,12H,10-11,13,22H2,1-3H3,(H,23,27). The van der Waals surface area contributed by atoms with Gasteiger partial charge in [0.1, 0.15) is 0 Å². The molecule has 3 N–H and O–H groups in total. The van der Waals surface area contributed by atoms with Crippen LogP contribution in [0.1, 0.15) is 21.6 Å². The largest absolute Gasteiger partial charge is 0.493 e. The molecule has 0 saturated carbocycles. The molecule has 3 rings (SSSR count). The lowest BCUT2D eigenvalue weighted by molar-refractivity contribution is 0.0950. The van der Waals surface area contributed by atoms with E-state index >= 15 is 0 Å². The molecule has 0 bridgehead atoms. The third kappa shape index (κ3) is 5.04. The lowest BCUT2D eigenvalue weighted by atomic mass is 10.1. The number of anilines is 1. The maximum atomic E-state index is 12.5. The van der Waals surface area contributed by atoms with E-state index in [1.165, 1.54) is 9.58 Å². The third-order valence-corrected chi connectivity index (χ3v) is 5.37. The van der Waals surface area contributed by atoms with E-state index in [2.05, 4.69) is 15.6 Å². The molecule has 0 aliphatic rings. The number of nitrogens with zero attached hydrogens (tertiary/aromatic N) is 3. The number of nitrogens with one attached hydrogen (secondary N) is 1. The maximum absolute atomic E-state index is 12.5. The Morgan fingerprint density at radius 1 is 1.10 bits per heavy atom. The van der Waals surface area contributed by atoms with Gasteiger partial charge in [0.25, 0.3) is 5.91 Å². The molecule has 0 saturated heterocycles. The zero-order valence-electron chi connectivity index (χ0n) is 17.2. The van der Waals surface area contributed by atoms with Crippen molar-refractivity contribution in [1.29, 1.82) is 0 Å². The van der Waals surface area contributed by atoms with Crippen LogP contribution in [-0.4, -0.2) is 47.9 Å². The summed E-state index contributed by atoms with van der Waals surface area (Å²) in [6.45, 7) is 0.878. The molecule has 1 amide bonds. The third-order valence-electron chi connectivity index (χ3n) is 4.63. The van der Waals surface area contributed by atoms with E-state index in [9.17, 15) is 4.79 Å². The van der Waals surface area contributed by atoms with Crippen LogP contribution in [0.4, 0.5) is 5.82 Å². The predicted molar refractivity (Wildman–Crippen MR) is 117 cm³/mol. The minimum atomic E-state index is -0.350. The van der Waals surface area contributed by atoms with E-state index in [0.29, 0.717) is 31.0 Å². The first kappa shape index (κ1) is 21.5. The number of hydrogen-bond donors (Lipinski definition) is 2. The zero-order chi connectivity index (χ0) is 21.5. The summed E-state index contributed by atoms with van der Waals surface area (Å²) in [5.74, 6) is 1.21. The average Bonchev–Trinajstić information content (AvgIpc) is 3.14. The minimum absolute atomic E-state index is 0.128. The molecular weight excluding hydrogens is 402 g/mol. The smallest absolute Gasteiger partial charge is 0.275 e. The first-order valence-corrected chi connectivity index (χ1v) is 10.6. The van der Waals surface area contributed by atoms with Crippen molar-refractivity contribution in [3.8, 4) is 11.5 Å². The number of thioether (sulfide) groups is 1. The predicted octanol–water partition coefficient (Wildman–Crippen LogP) is 2.62. The minimum Gasteiger partial charge on any atom is -0.493 e. The Bertz CT molecular complexity index is 1000. The second-order valence-electron chi connectivity index (χ2n) is 6.52. The van der Waals surface area contributed by atoms with Crippen molar-refractivity contribution in [2.45, 2.75) is 17.9 Å². The molecule has 30 heavy (non-hydrogen) atoms. The summed E-state index contributed by atoms with van der Waals surface area (Å²) in [6, 6.07) is 13.7. The lowest BCUT2D eigenvalue weighted by Crippen LogP contribution is -2.27. The van der Waals surface area contributed by atoms with E-state index in [1.807, 2.05) is 48.7 Å². The van der Waals surface area contributed by atoms with E-state index in [4.69, 9.17) is 15.2 Å². The van der Waals surface area contributed by atoms with Crippen LogP contribution in [0, 0.1) is 0 Å². The van der Waals surface area contributed by atoms with E-state index in [1.54, 1.807) is 26.0 Å². The Morgan fingerprint density at radius 3 is 2.47 bits per heavy atom. The Hall–Kier alpha value is -3.20. The highest BCUT2D eigenvalue weighted by Crippen LogP contribution is 2.27. The second kappa shape index (κ2) is 10.0. The summed E-state index contributed by atoms with van der Waals surface area (Å²) < 4.78 is 12.1. The lowest BCUT2D eigenvalue weighted by Gasteiger charge is -2.10. The second-order valence-corrected chi connectivity index (χ2v) is 7.40. The quantitative estimate of drug-likeness (QED) is 0.506. The molecule has 8 nitrogen and oxygen atoms in total. The van der Waals surface area contributed by atoms with Crippen LogP contribution in [0.25, 0.3) is 0 Å². The molecule has 0 spiro atoms. The molecule has 3 aromatic rings. The van der Waals surface area contributed by atoms with Crippen LogP contribution in [0.5, 0.6) is 11.5 Å². The van der Waals surface area contributed by atoms with Gasteiger partial charge in [-0.3, -0.25) is 4.79 Å². The van der Waals surface area contributed by atoms with Gasteiger partial charge in [-0.15, -0.1) is 16.9 Å². The molecule has 0 atom stereocenters. The number of nitrogens with two attached hydrogens (primary N) is 1. The van der Waals surface area contributed by atoms with E-state index in [0.717, 1.165) is 11.1 Å². The number of hydrogen-bond acceptors (Lipinski definition) is 7. The average molecular weight is 428 g/mol. The normalized spacial score (nSPS) is 10.6. The van der Waals surface area contributed by atoms with Crippen molar-refractivity contribution < 1.29 is 14.3 Å². The summed E-state index contributed by atoms with van der Waals surface area (Å²) in [6.07, 6.45) is 2.66. The van der Waals surface area contributed by atoms with Crippen molar-refractivity contribution in [3.05, 3.63) is 59.3 Å². The molecule has 2 aromatic carbocycles. The number of ether oxygens (including phenoxy) is 2. The molecule has 158 valence electrons. The van der Waals surface area contributed by atoms with Crippen LogP contribution in [0.15, 0.2) is 47.4 Å². The van der Waals surface area contributed by atoms with Crippen LogP contribution in [-0.2, 0) is 13.0 Å². The van der Waals surface area contributed by atoms with Gasteiger partial charge in [-0.2, -0.15) is 0 Å². The number of rotatable bonds is 9. The fourth-order valence-electron chi connectivity index (χ4n) is 2.94. The van der Waals surface area contributed by atoms with Crippen LogP contribution >= 0.6 is 11.8 Å². The Balaban J connectivity index is 1.58.